The number of hydrogen-bond donors (Lipinski definition) is 0. The molecule has 0 bridgehead atoms. The Bertz CT molecular complexity index is 2670. The van der Waals surface area contributed by atoms with E-state index in [1.54, 1.807) is 0 Å². The first-order chi connectivity index (χ1) is 24.0. The van der Waals surface area contributed by atoms with E-state index in [2.05, 4.69) is 48.5 Å². The van der Waals surface area contributed by atoms with Gasteiger partial charge in [-0.3, -0.25) is 0 Å². The van der Waals surface area contributed by atoms with Crippen LogP contribution in [0.2, 0.25) is 0 Å². The third-order valence-electron chi connectivity index (χ3n) is 8.75. The van der Waals surface area contributed by atoms with E-state index in [1.807, 2.05) is 97.1 Å². The lowest BCUT2D eigenvalue weighted by Crippen LogP contribution is -1.91. The third kappa shape index (κ3) is 4.09. The fourth-order valence-electron chi connectivity index (χ4n) is 6.78. The van der Waals surface area contributed by atoms with Gasteiger partial charge in [0.15, 0.2) is 0 Å². The maximum Gasteiger partial charge on any atom is 0.143 e. The first-order valence-corrected chi connectivity index (χ1v) is 15.1. The van der Waals surface area contributed by atoms with Crippen LogP contribution in [0, 0.1) is 0 Å². The molecule has 9 rings (SSSR count). The molecule has 0 saturated carbocycles. The topological polar surface area (TPSA) is 13.1 Å². The van der Waals surface area contributed by atoms with Gasteiger partial charge in [-0.2, -0.15) is 0 Å². The summed E-state index contributed by atoms with van der Waals surface area (Å²) in [6, 6.07) is 47.8. The molecule has 0 aliphatic carbocycles. The molecule has 0 fully saturated rings. The fourth-order valence-corrected chi connectivity index (χ4v) is 6.78. The molecule has 45 heavy (non-hydrogen) atoms. The first-order valence-electron chi connectivity index (χ1n) is 17.1. The van der Waals surface area contributed by atoms with Crippen LogP contribution in [-0.4, -0.2) is 0 Å². The van der Waals surface area contributed by atoms with Gasteiger partial charge in [-0.15, -0.1) is 0 Å². The van der Waals surface area contributed by atoms with Crippen molar-refractivity contribution in [3.63, 3.8) is 0 Å². The van der Waals surface area contributed by atoms with E-state index in [1.165, 1.54) is 0 Å². The highest BCUT2D eigenvalue weighted by molar-refractivity contribution is 6.23. The van der Waals surface area contributed by atoms with Gasteiger partial charge in [0, 0.05) is 16.5 Å². The van der Waals surface area contributed by atoms with Crippen molar-refractivity contribution in [2.75, 3.05) is 0 Å². The molecule has 0 saturated heterocycles. The molecule has 210 valence electrons. The lowest BCUT2D eigenvalue weighted by atomic mass is 9.84. The van der Waals surface area contributed by atoms with E-state index in [9.17, 15) is 5.48 Å². The Hall–Kier alpha value is -5.92. The van der Waals surface area contributed by atoms with Crippen LogP contribution in [-0.2, 0) is 0 Å². The molecule has 1 nitrogen and oxygen atoms in total. The second kappa shape index (κ2) is 10.4. The van der Waals surface area contributed by atoms with E-state index in [0.717, 1.165) is 54.4 Å². The monoisotopic (exact) mass is 576 g/mol. The Balaban J connectivity index is 1.38. The van der Waals surface area contributed by atoms with E-state index >= 15 is 0 Å². The van der Waals surface area contributed by atoms with Crippen LogP contribution in [0.25, 0.3) is 88.0 Å². The Morgan fingerprint density at radius 3 is 1.51 bits per heavy atom. The minimum atomic E-state index is -0.106. The molecule has 0 amide bonds. The largest absolute Gasteiger partial charge is 0.455 e. The SMILES string of the molecule is [2H]c1c([2H])c(-c2c3ccccc3c(-c3cccc4ccccc34)c3ccccc23)c([2H])c([2H])c1-c1c(-c2ccccc2)oc2ccccc12. The molecule has 1 heterocycles. The summed E-state index contributed by atoms with van der Waals surface area (Å²) >= 11 is 0. The number of para-hydroxylation sites is 1. The van der Waals surface area contributed by atoms with Crippen molar-refractivity contribution in [2.24, 2.45) is 0 Å². The van der Waals surface area contributed by atoms with Crippen molar-refractivity contribution < 1.29 is 9.90 Å². The Labute approximate surface area is 267 Å². The lowest BCUT2D eigenvalue weighted by Gasteiger charge is -2.19. The van der Waals surface area contributed by atoms with Gasteiger partial charge in [0.05, 0.1) is 5.48 Å². The van der Waals surface area contributed by atoms with Crippen molar-refractivity contribution in [3.8, 4) is 44.7 Å². The van der Waals surface area contributed by atoms with Crippen LogP contribution in [0.4, 0.5) is 0 Å². The molecular weight excluding hydrogens is 544 g/mol. The minimum Gasteiger partial charge on any atom is -0.455 e. The van der Waals surface area contributed by atoms with Crippen molar-refractivity contribution in [3.05, 3.63) is 170 Å². The highest BCUT2D eigenvalue weighted by Crippen LogP contribution is 2.46. The summed E-state index contributed by atoms with van der Waals surface area (Å²) in [6.07, 6.45) is 0. The highest BCUT2D eigenvalue weighted by atomic mass is 16.3. The Morgan fingerprint density at radius 1 is 0.356 bits per heavy atom. The standard InChI is InChI=1S/C44H28O/c1-2-14-32(15-3-1)44-42(39-22-10-11-24-40(39)45-44)31-27-25-30(26-28-31)41-35-18-6-8-20-37(35)43(38-21-9-7-19-36(38)41)34-23-12-16-29-13-4-5-17-33(29)34/h1-28H/i25D,26D,27D,28D. The molecule has 0 N–H and O–H groups in total. The average Bonchev–Trinajstić information content (AvgIpc) is 3.53. The van der Waals surface area contributed by atoms with Crippen LogP contribution >= 0.6 is 0 Å². The molecule has 1 aromatic heterocycles. The second-order valence-electron chi connectivity index (χ2n) is 11.3. The number of rotatable bonds is 4. The summed E-state index contributed by atoms with van der Waals surface area (Å²) in [7, 11) is 0. The van der Waals surface area contributed by atoms with Gasteiger partial charge in [-0.1, -0.05) is 164 Å². The zero-order valence-electron chi connectivity index (χ0n) is 28.3. The van der Waals surface area contributed by atoms with Gasteiger partial charge < -0.3 is 4.42 Å². The predicted octanol–water partition coefficient (Wildman–Crippen LogP) is 12.6. The summed E-state index contributed by atoms with van der Waals surface area (Å²) in [5, 5.41) is 6.75. The molecule has 1 heteroatoms. The predicted molar refractivity (Wildman–Crippen MR) is 190 cm³/mol. The summed E-state index contributed by atoms with van der Waals surface area (Å²) in [5.41, 5.74) is 5.37. The van der Waals surface area contributed by atoms with Crippen LogP contribution in [0.15, 0.2) is 174 Å². The first kappa shape index (κ1) is 21.7. The summed E-state index contributed by atoms with van der Waals surface area (Å²) in [5.74, 6) is 0.519. The summed E-state index contributed by atoms with van der Waals surface area (Å²) in [4.78, 5) is 0. The number of hydrogen-bond acceptors (Lipinski definition) is 1. The van der Waals surface area contributed by atoms with Crippen LogP contribution in [0.1, 0.15) is 5.48 Å². The maximum absolute atomic E-state index is 9.55. The molecule has 0 atom stereocenters. The lowest BCUT2D eigenvalue weighted by molar-refractivity contribution is 0.632. The Morgan fingerprint density at radius 2 is 0.844 bits per heavy atom. The summed E-state index contributed by atoms with van der Waals surface area (Å²) < 4.78 is 44.4. The molecule has 8 aromatic carbocycles. The van der Waals surface area contributed by atoms with Crippen molar-refractivity contribution in [2.45, 2.75) is 0 Å². The molecule has 0 aliphatic rings. The van der Waals surface area contributed by atoms with Gasteiger partial charge in [0.2, 0.25) is 0 Å². The maximum atomic E-state index is 9.55. The number of fused-ring (bicyclic) bond motifs is 4. The van der Waals surface area contributed by atoms with E-state index < -0.39 is 0 Å². The van der Waals surface area contributed by atoms with Crippen molar-refractivity contribution >= 4 is 43.3 Å². The highest BCUT2D eigenvalue weighted by Gasteiger charge is 2.20. The minimum absolute atomic E-state index is 0.0893. The van der Waals surface area contributed by atoms with E-state index in [0.29, 0.717) is 22.5 Å². The van der Waals surface area contributed by atoms with Gasteiger partial charge in [0.1, 0.15) is 11.3 Å². The normalized spacial score (nSPS) is 12.8. The summed E-state index contributed by atoms with van der Waals surface area (Å²) in [6.45, 7) is 0. The van der Waals surface area contributed by atoms with Crippen LogP contribution in [0.5, 0.6) is 0 Å². The zero-order valence-corrected chi connectivity index (χ0v) is 24.3. The van der Waals surface area contributed by atoms with Gasteiger partial charge in [-0.05, 0) is 66.2 Å². The van der Waals surface area contributed by atoms with E-state index in [4.69, 9.17) is 4.42 Å². The molecule has 0 unspecified atom stereocenters. The van der Waals surface area contributed by atoms with Crippen LogP contribution in [0.3, 0.4) is 0 Å². The van der Waals surface area contributed by atoms with Gasteiger partial charge in [0.25, 0.3) is 0 Å². The average molecular weight is 577 g/mol. The van der Waals surface area contributed by atoms with Gasteiger partial charge >= 0.3 is 0 Å². The van der Waals surface area contributed by atoms with Crippen molar-refractivity contribution in [1.29, 1.82) is 0 Å². The Kier molecular flexibility index (Phi) is 5.00. The molecule has 0 aliphatic heterocycles. The number of furan rings is 1. The number of benzene rings is 8. The third-order valence-corrected chi connectivity index (χ3v) is 8.75. The van der Waals surface area contributed by atoms with Gasteiger partial charge in [-0.25, -0.2) is 0 Å². The second-order valence-corrected chi connectivity index (χ2v) is 11.3. The molecule has 0 radical (unpaired) electrons. The van der Waals surface area contributed by atoms with Crippen LogP contribution < -0.4 is 0 Å². The quantitative estimate of drug-likeness (QED) is 0.190. The van der Waals surface area contributed by atoms with E-state index in [-0.39, 0.29) is 35.3 Å². The molecule has 0 spiro atoms. The molecular formula is C44H28O. The molecule has 9 aromatic rings. The smallest absolute Gasteiger partial charge is 0.143 e. The van der Waals surface area contributed by atoms with Crippen molar-refractivity contribution in [1.82, 2.24) is 0 Å². The zero-order chi connectivity index (χ0) is 33.2. The fraction of sp³-hybridized carbons (Fsp3) is 0.